The number of amides is 1. The number of anilines is 2. The molecule has 118 valence electrons. The number of nitrogens with zero attached hydrogens (tertiary/aromatic N) is 5. The molecule has 1 aliphatic heterocycles. The summed E-state index contributed by atoms with van der Waals surface area (Å²) in [7, 11) is 0. The van der Waals surface area contributed by atoms with Gasteiger partial charge in [0.25, 0.3) is 0 Å². The number of aryl methyl sites for hydroxylation is 1. The van der Waals surface area contributed by atoms with Crippen LogP contribution in [0.4, 0.5) is 11.6 Å². The zero-order valence-corrected chi connectivity index (χ0v) is 13.2. The lowest BCUT2D eigenvalue weighted by Gasteiger charge is -2.19. The molecule has 0 saturated carbocycles. The van der Waals surface area contributed by atoms with Crippen LogP contribution >= 0.6 is 0 Å². The standard InChI is InChI=1S/C16H18N6O/c1-11-3-4-13(9-17)16(18-11)21-7-5-14(10-21)22-8-6-15(20-22)19-12(2)23/h3-4,6,8,14H,5,7,10H2,1-2H3,(H,19,20,23)/t14-/m0/s1. The van der Waals surface area contributed by atoms with E-state index < -0.39 is 0 Å². The molecule has 0 aromatic carbocycles. The van der Waals surface area contributed by atoms with Crippen molar-refractivity contribution in [2.24, 2.45) is 0 Å². The molecule has 0 spiro atoms. The Kier molecular flexibility index (Phi) is 3.98. The number of hydrogen-bond donors (Lipinski definition) is 1. The summed E-state index contributed by atoms with van der Waals surface area (Å²) in [6, 6.07) is 7.86. The Bertz CT molecular complexity index is 775. The molecule has 3 heterocycles. The SMILES string of the molecule is CC(=O)Nc1ccn([C@H]2CCN(c3nc(C)ccc3C#N)C2)n1. The van der Waals surface area contributed by atoms with Crippen LogP contribution in [0.15, 0.2) is 24.4 Å². The van der Waals surface area contributed by atoms with Crippen molar-refractivity contribution in [2.75, 3.05) is 23.3 Å². The van der Waals surface area contributed by atoms with Crippen molar-refractivity contribution < 1.29 is 4.79 Å². The number of rotatable bonds is 3. The molecule has 1 N–H and O–H groups in total. The van der Waals surface area contributed by atoms with E-state index in [0.717, 1.165) is 31.0 Å². The molecule has 7 nitrogen and oxygen atoms in total. The van der Waals surface area contributed by atoms with Gasteiger partial charge in [-0.3, -0.25) is 9.48 Å². The minimum Gasteiger partial charge on any atom is -0.353 e. The summed E-state index contributed by atoms with van der Waals surface area (Å²) in [6.07, 6.45) is 2.79. The van der Waals surface area contributed by atoms with Gasteiger partial charge < -0.3 is 10.2 Å². The van der Waals surface area contributed by atoms with Crippen molar-refractivity contribution in [2.45, 2.75) is 26.3 Å². The minimum atomic E-state index is -0.133. The molecular formula is C16H18N6O. The van der Waals surface area contributed by atoms with Crippen LogP contribution in [-0.4, -0.2) is 33.8 Å². The lowest BCUT2D eigenvalue weighted by atomic mass is 10.2. The molecule has 1 saturated heterocycles. The first-order chi connectivity index (χ1) is 11.1. The van der Waals surface area contributed by atoms with E-state index in [1.54, 1.807) is 6.07 Å². The second-order valence-electron chi connectivity index (χ2n) is 5.69. The van der Waals surface area contributed by atoms with E-state index in [1.807, 2.05) is 29.9 Å². The fraction of sp³-hybridized carbons (Fsp3) is 0.375. The number of nitriles is 1. The monoisotopic (exact) mass is 310 g/mol. The highest BCUT2D eigenvalue weighted by molar-refractivity contribution is 5.87. The predicted octanol–water partition coefficient (Wildman–Crippen LogP) is 1.87. The summed E-state index contributed by atoms with van der Waals surface area (Å²) in [5.74, 6) is 1.16. The molecule has 2 aromatic rings. The van der Waals surface area contributed by atoms with E-state index in [2.05, 4.69) is 26.4 Å². The van der Waals surface area contributed by atoms with E-state index in [0.29, 0.717) is 11.4 Å². The van der Waals surface area contributed by atoms with Crippen molar-refractivity contribution in [3.05, 3.63) is 35.7 Å². The zero-order chi connectivity index (χ0) is 16.4. The average molecular weight is 310 g/mol. The van der Waals surface area contributed by atoms with E-state index in [9.17, 15) is 10.1 Å². The molecule has 7 heteroatoms. The quantitative estimate of drug-likeness (QED) is 0.935. The number of pyridine rings is 1. The van der Waals surface area contributed by atoms with Gasteiger partial charge in [-0.2, -0.15) is 10.4 Å². The van der Waals surface area contributed by atoms with Crippen LogP contribution < -0.4 is 10.2 Å². The Balaban J connectivity index is 1.76. The highest BCUT2D eigenvalue weighted by Crippen LogP contribution is 2.28. The van der Waals surface area contributed by atoms with Crippen molar-refractivity contribution in [1.29, 1.82) is 5.26 Å². The molecule has 0 aliphatic carbocycles. The number of nitrogens with one attached hydrogen (secondary N) is 1. The van der Waals surface area contributed by atoms with Crippen LogP contribution in [-0.2, 0) is 4.79 Å². The van der Waals surface area contributed by atoms with E-state index in [-0.39, 0.29) is 11.9 Å². The number of carbonyl (C=O) groups excluding carboxylic acids is 1. The summed E-state index contributed by atoms with van der Waals surface area (Å²) in [5.41, 5.74) is 1.49. The fourth-order valence-electron chi connectivity index (χ4n) is 2.81. The molecule has 2 aromatic heterocycles. The van der Waals surface area contributed by atoms with Gasteiger partial charge in [-0.15, -0.1) is 0 Å². The van der Waals surface area contributed by atoms with E-state index in [1.165, 1.54) is 6.92 Å². The Labute approximate surface area is 134 Å². The predicted molar refractivity (Wildman–Crippen MR) is 86.1 cm³/mol. The van der Waals surface area contributed by atoms with Gasteiger partial charge >= 0.3 is 0 Å². The summed E-state index contributed by atoms with van der Waals surface area (Å²) in [4.78, 5) is 17.7. The molecule has 1 fully saturated rings. The van der Waals surface area contributed by atoms with Gasteiger partial charge in [0.2, 0.25) is 5.91 Å². The maximum Gasteiger partial charge on any atom is 0.222 e. The van der Waals surface area contributed by atoms with E-state index in [4.69, 9.17) is 0 Å². The molecule has 1 amide bonds. The summed E-state index contributed by atoms with van der Waals surface area (Å²) < 4.78 is 1.87. The number of aromatic nitrogens is 3. The van der Waals surface area contributed by atoms with Crippen molar-refractivity contribution >= 4 is 17.5 Å². The first kappa shape index (κ1) is 15.0. The van der Waals surface area contributed by atoms with Crippen LogP contribution in [0.5, 0.6) is 0 Å². The van der Waals surface area contributed by atoms with Crippen LogP contribution in [0, 0.1) is 18.3 Å². The normalized spacial score (nSPS) is 17.1. The Hall–Kier alpha value is -2.88. The molecule has 0 unspecified atom stereocenters. The smallest absolute Gasteiger partial charge is 0.222 e. The molecule has 0 bridgehead atoms. The number of hydrogen-bond acceptors (Lipinski definition) is 5. The van der Waals surface area contributed by atoms with Gasteiger partial charge in [-0.25, -0.2) is 4.98 Å². The maximum atomic E-state index is 11.1. The van der Waals surface area contributed by atoms with Gasteiger partial charge in [0, 0.05) is 38.0 Å². The van der Waals surface area contributed by atoms with E-state index >= 15 is 0 Å². The molecule has 0 radical (unpaired) electrons. The highest BCUT2D eigenvalue weighted by atomic mass is 16.1. The third-order valence-electron chi connectivity index (χ3n) is 3.88. The average Bonchev–Trinajstić information content (AvgIpc) is 3.15. The van der Waals surface area contributed by atoms with Crippen molar-refractivity contribution in [3.8, 4) is 6.07 Å². The molecule has 1 atom stereocenters. The van der Waals surface area contributed by atoms with Crippen molar-refractivity contribution in [1.82, 2.24) is 14.8 Å². The van der Waals surface area contributed by atoms with Crippen LogP contribution in [0.2, 0.25) is 0 Å². The van der Waals surface area contributed by atoms with Gasteiger partial charge in [0.15, 0.2) is 5.82 Å². The summed E-state index contributed by atoms with van der Waals surface area (Å²) in [5, 5.41) is 16.3. The fourth-order valence-corrected chi connectivity index (χ4v) is 2.81. The molecule has 1 aliphatic rings. The number of carbonyl (C=O) groups is 1. The zero-order valence-electron chi connectivity index (χ0n) is 13.2. The Morgan fingerprint density at radius 2 is 2.26 bits per heavy atom. The van der Waals surface area contributed by atoms with Gasteiger partial charge in [0.1, 0.15) is 11.9 Å². The first-order valence-corrected chi connectivity index (χ1v) is 7.52. The summed E-state index contributed by atoms with van der Waals surface area (Å²) in [6.45, 7) is 4.95. The maximum absolute atomic E-state index is 11.1. The lowest BCUT2D eigenvalue weighted by Crippen LogP contribution is -2.23. The second-order valence-corrected chi connectivity index (χ2v) is 5.69. The largest absolute Gasteiger partial charge is 0.353 e. The van der Waals surface area contributed by atoms with Crippen LogP contribution in [0.3, 0.4) is 0 Å². The summed E-state index contributed by atoms with van der Waals surface area (Å²) >= 11 is 0. The Morgan fingerprint density at radius 1 is 1.43 bits per heavy atom. The topological polar surface area (TPSA) is 86.8 Å². The third-order valence-corrected chi connectivity index (χ3v) is 3.88. The van der Waals surface area contributed by atoms with Crippen molar-refractivity contribution in [3.63, 3.8) is 0 Å². The minimum absolute atomic E-state index is 0.133. The lowest BCUT2D eigenvalue weighted by molar-refractivity contribution is -0.114. The Morgan fingerprint density at radius 3 is 3.00 bits per heavy atom. The van der Waals surface area contributed by atoms with Crippen LogP contribution in [0.25, 0.3) is 0 Å². The van der Waals surface area contributed by atoms with Gasteiger partial charge in [-0.1, -0.05) is 0 Å². The molecular weight excluding hydrogens is 292 g/mol. The molecule has 23 heavy (non-hydrogen) atoms. The third kappa shape index (κ3) is 3.16. The highest BCUT2D eigenvalue weighted by Gasteiger charge is 2.27. The first-order valence-electron chi connectivity index (χ1n) is 7.52. The van der Waals surface area contributed by atoms with Crippen LogP contribution in [0.1, 0.15) is 30.6 Å². The molecule has 3 rings (SSSR count). The second kappa shape index (κ2) is 6.08. The van der Waals surface area contributed by atoms with Gasteiger partial charge in [0.05, 0.1) is 11.6 Å². The van der Waals surface area contributed by atoms with Gasteiger partial charge in [-0.05, 0) is 25.5 Å².